The van der Waals surface area contributed by atoms with Gasteiger partial charge >= 0.3 is 0 Å². The van der Waals surface area contributed by atoms with Crippen molar-refractivity contribution in [1.29, 1.82) is 0 Å². The Kier molecular flexibility index (Phi) is 4.11. The number of benzene rings is 1. The molecule has 3 rings (SSSR count). The summed E-state index contributed by atoms with van der Waals surface area (Å²) in [5, 5.41) is 6.49. The number of hydrazine groups is 1. The molecule has 1 aromatic rings. The molecule has 1 aromatic carbocycles. The van der Waals surface area contributed by atoms with E-state index in [0.29, 0.717) is 5.75 Å². The lowest BCUT2D eigenvalue weighted by Crippen LogP contribution is -2.53. The van der Waals surface area contributed by atoms with Crippen LogP contribution < -0.4 is 10.6 Å². The van der Waals surface area contributed by atoms with E-state index in [2.05, 4.69) is 5.43 Å². The van der Waals surface area contributed by atoms with Crippen molar-refractivity contribution in [2.24, 2.45) is 5.14 Å². The van der Waals surface area contributed by atoms with Gasteiger partial charge in [0.1, 0.15) is 4.87 Å². The van der Waals surface area contributed by atoms with Crippen molar-refractivity contribution >= 4 is 33.6 Å². The Labute approximate surface area is 138 Å². The molecule has 2 aliphatic rings. The molecule has 1 aliphatic carbocycles. The number of primary sulfonamides is 1. The molecule has 0 atom stereocenters. The lowest BCUT2D eigenvalue weighted by Gasteiger charge is -2.33. The molecule has 23 heavy (non-hydrogen) atoms. The highest BCUT2D eigenvalue weighted by Crippen LogP contribution is 2.47. The summed E-state index contributed by atoms with van der Waals surface area (Å²) in [7, 11) is -3.79. The predicted octanol–water partition coefficient (Wildman–Crippen LogP) is 0.825. The van der Waals surface area contributed by atoms with Crippen molar-refractivity contribution in [3.8, 4) is 0 Å². The predicted molar refractivity (Wildman–Crippen MR) is 85.8 cm³/mol. The van der Waals surface area contributed by atoms with E-state index in [1.54, 1.807) is 11.8 Å². The summed E-state index contributed by atoms with van der Waals surface area (Å²) in [6.45, 7) is 0. The standard InChI is InChI=1S/C14H17N3O4S2/c15-23(20,21)11-5-3-10(4-6-11)13(19)16-17-12(18)9-22-14(17)7-1-2-8-14/h3-6H,1-2,7-9H2,(H,16,19)(H2,15,20,21). The molecule has 9 heteroatoms. The molecule has 0 radical (unpaired) electrons. The smallest absolute Gasteiger partial charge is 0.269 e. The van der Waals surface area contributed by atoms with E-state index in [4.69, 9.17) is 5.14 Å². The van der Waals surface area contributed by atoms with E-state index in [-0.39, 0.29) is 21.2 Å². The molecule has 0 bridgehead atoms. The lowest BCUT2D eigenvalue weighted by molar-refractivity contribution is -0.132. The van der Waals surface area contributed by atoms with E-state index in [0.717, 1.165) is 25.7 Å². The molecule has 2 amide bonds. The minimum atomic E-state index is -3.79. The van der Waals surface area contributed by atoms with E-state index >= 15 is 0 Å². The Balaban J connectivity index is 1.77. The van der Waals surface area contributed by atoms with Crippen LogP contribution in [0.25, 0.3) is 0 Å². The van der Waals surface area contributed by atoms with Gasteiger partial charge in [-0.3, -0.25) is 15.0 Å². The number of nitrogens with one attached hydrogen (secondary N) is 1. The summed E-state index contributed by atoms with van der Waals surface area (Å²) in [5.41, 5.74) is 2.95. The molecule has 0 aromatic heterocycles. The molecular formula is C14H17N3O4S2. The zero-order valence-electron chi connectivity index (χ0n) is 12.3. The number of amides is 2. The van der Waals surface area contributed by atoms with Crippen LogP contribution in [-0.4, -0.2) is 35.9 Å². The Bertz CT molecular complexity index is 740. The van der Waals surface area contributed by atoms with Gasteiger partial charge in [0.25, 0.3) is 11.8 Å². The fourth-order valence-corrected chi connectivity index (χ4v) is 4.86. The van der Waals surface area contributed by atoms with Gasteiger partial charge in [0.05, 0.1) is 10.6 Å². The van der Waals surface area contributed by atoms with Crippen molar-refractivity contribution in [3.63, 3.8) is 0 Å². The van der Waals surface area contributed by atoms with Gasteiger partial charge in [0, 0.05) is 5.56 Å². The molecule has 0 unspecified atom stereocenters. The normalized spacial score (nSPS) is 20.2. The van der Waals surface area contributed by atoms with E-state index in [1.807, 2.05) is 0 Å². The van der Waals surface area contributed by atoms with E-state index < -0.39 is 15.9 Å². The molecule has 1 saturated heterocycles. The van der Waals surface area contributed by atoms with Gasteiger partial charge in [0.15, 0.2) is 0 Å². The molecule has 3 N–H and O–H groups in total. The van der Waals surface area contributed by atoms with Crippen LogP contribution in [0, 0.1) is 0 Å². The highest BCUT2D eigenvalue weighted by atomic mass is 32.2. The number of thioether (sulfide) groups is 1. The maximum atomic E-state index is 12.4. The Morgan fingerprint density at radius 2 is 1.83 bits per heavy atom. The molecule has 2 fully saturated rings. The van der Waals surface area contributed by atoms with Crippen LogP contribution in [0.2, 0.25) is 0 Å². The molecule has 7 nitrogen and oxygen atoms in total. The van der Waals surface area contributed by atoms with Crippen molar-refractivity contribution in [1.82, 2.24) is 10.4 Å². The third-order valence-corrected chi connectivity index (χ3v) is 6.61. The van der Waals surface area contributed by atoms with Crippen molar-refractivity contribution in [3.05, 3.63) is 29.8 Å². The van der Waals surface area contributed by atoms with E-state index in [1.165, 1.54) is 29.3 Å². The van der Waals surface area contributed by atoms with E-state index in [9.17, 15) is 18.0 Å². The lowest BCUT2D eigenvalue weighted by atomic mass is 10.2. The number of carbonyl (C=O) groups is 2. The maximum Gasteiger partial charge on any atom is 0.269 e. The second-order valence-electron chi connectivity index (χ2n) is 5.68. The van der Waals surface area contributed by atoms with Gasteiger partial charge in [-0.1, -0.05) is 12.8 Å². The van der Waals surface area contributed by atoms with Gasteiger partial charge in [-0.25, -0.2) is 18.6 Å². The van der Waals surface area contributed by atoms with Crippen molar-refractivity contribution < 1.29 is 18.0 Å². The van der Waals surface area contributed by atoms with Gasteiger partial charge in [-0.2, -0.15) is 0 Å². The largest absolute Gasteiger partial charge is 0.272 e. The first-order valence-corrected chi connectivity index (χ1v) is 9.76. The monoisotopic (exact) mass is 355 g/mol. The number of hydrogen-bond acceptors (Lipinski definition) is 5. The summed E-state index contributed by atoms with van der Waals surface area (Å²) in [4.78, 5) is 24.0. The molecule has 1 spiro atoms. The summed E-state index contributed by atoms with van der Waals surface area (Å²) < 4.78 is 22.5. The highest BCUT2D eigenvalue weighted by molar-refractivity contribution is 8.01. The quantitative estimate of drug-likeness (QED) is 0.834. The minimum absolute atomic E-state index is 0.0610. The topological polar surface area (TPSA) is 110 Å². The Morgan fingerprint density at radius 1 is 1.22 bits per heavy atom. The third-order valence-electron chi connectivity index (χ3n) is 4.16. The second kappa shape index (κ2) is 5.81. The van der Waals surface area contributed by atoms with Crippen LogP contribution >= 0.6 is 11.8 Å². The SMILES string of the molecule is NS(=O)(=O)c1ccc(C(=O)NN2C(=O)CSC23CCCC3)cc1. The number of hydrogen-bond donors (Lipinski definition) is 2. The first kappa shape index (κ1) is 16.3. The zero-order valence-corrected chi connectivity index (χ0v) is 14.0. The van der Waals surface area contributed by atoms with Crippen LogP contribution in [0.3, 0.4) is 0 Å². The van der Waals surface area contributed by atoms with Crippen LogP contribution in [0.4, 0.5) is 0 Å². The summed E-state index contributed by atoms with van der Waals surface area (Å²) in [6, 6.07) is 5.31. The summed E-state index contributed by atoms with van der Waals surface area (Å²) >= 11 is 1.58. The second-order valence-corrected chi connectivity index (χ2v) is 8.58. The summed E-state index contributed by atoms with van der Waals surface area (Å²) in [6.07, 6.45) is 3.81. The number of rotatable bonds is 3. The van der Waals surface area contributed by atoms with Crippen LogP contribution in [0.1, 0.15) is 36.0 Å². The molecular weight excluding hydrogens is 338 g/mol. The molecule has 1 aliphatic heterocycles. The highest BCUT2D eigenvalue weighted by Gasteiger charge is 2.48. The number of nitrogens with two attached hydrogens (primary N) is 1. The van der Waals surface area contributed by atoms with Crippen LogP contribution in [0.15, 0.2) is 29.2 Å². The van der Waals surface area contributed by atoms with Crippen molar-refractivity contribution in [2.45, 2.75) is 35.4 Å². The van der Waals surface area contributed by atoms with Gasteiger partial charge < -0.3 is 0 Å². The first-order valence-electron chi connectivity index (χ1n) is 7.23. The molecule has 124 valence electrons. The fourth-order valence-electron chi connectivity index (χ4n) is 2.97. The van der Waals surface area contributed by atoms with Crippen molar-refractivity contribution in [2.75, 3.05) is 5.75 Å². The van der Waals surface area contributed by atoms with Gasteiger partial charge in [-0.05, 0) is 37.1 Å². The Hall–Kier alpha value is -1.58. The molecule has 1 saturated carbocycles. The maximum absolute atomic E-state index is 12.4. The average molecular weight is 355 g/mol. The zero-order chi connectivity index (χ0) is 16.7. The third kappa shape index (κ3) is 3.08. The van der Waals surface area contributed by atoms with Gasteiger partial charge in [-0.15, -0.1) is 11.8 Å². The fraction of sp³-hybridized carbons (Fsp3) is 0.429. The number of sulfonamides is 1. The van der Waals surface area contributed by atoms with Crippen LogP contribution in [-0.2, 0) is 14.8 Å². The molecule has 1 heterocycles. The van der Waals surface area contributed by atoms with Crippen LogP contribution in [0.5, 0.6) is 0 Å². The van der Waals surface area contributed by atoms with Gasteiger partial charge in [0.2, 0.25) is 10.0 Å². The average Bonchev–Trinajstić information content (AvgIpc) is 3.09. The first-order chi connectivity index (χ1) is 10.8. The number of carbonyl (C=O) groups excluding carboxylic acids is 2. The number of nitrogens with zero attached hydrogens (tertiary/aromatic N) is 1. The summed E-state index contributed by atoms with van der Waals surface area (Å²) in [5.74, 6) is -0.176. The Morgan fingerprint density at radius 3 is 2.39 bits per heavy atom. The minimum Gasteiger partial charge on any atom is -0.272 e.